The maximum absolute atomic E-state index is 12.0. The summed E-state index contributed by atoms with van der Waals surface area (Å²) in [5, 5.41) is 13.0. The lowest BCUT2D eigenvalue weighted by atomic mass is 9.99. The van der Waals surface area contributed by atoms with Gasteiger partial charge in [-0.15, -0.1) is 0 Å². The van der Waals surface area contributed by atoms with E-state index in [2.05, 4.69) is 17.1 Å². The fourth-order valence-electron chi connectivity index (χ4n) is 2.70. The van der Waals surface area contributed by atoms with Gasteiger partial charge in [-0.25, -0.2) is 4.79 Å². The van der Waals surface area contributed by atoms with E-state index in [0.29, 0.717) is 18.8 Å². The van der Waals surface area contributed by atoms with Crippen LogP contribution < -0.4 is 10.2 Å². The molecule has 0 unspecified atom stereocenters. The number of piperidine rings is 1. The van der Waals surface area contributed by atoms with E-state index in [1.807, 2.05) is 31.2 Å². The quantitative estimate of drug-likeness (QED) is 0.909. The minimum Gasteiger partial charge on any atom is -0.395 e. The van der Waals surface area contributed by atoms with Gasteiger partial charge in [0.15, 0.2) is 0 Å². The minimum absolute atomic E-state index is 0.0403. The molecule has 1 aromatic carbocycles. The molecule has 2 amide bonds. The van der Waals surface area contributed by atoms with Crippen molar-refractivity contribution in [1.29, 1.82) is 0 Å². The average Bonchev–Trinajstić information content (AvgIpc) is 2.54. The highest BCUT2D eigenvalue weighted by molar-refractivity contribution is 5.79. The summed E-state index contributed by atoms with van der Waals surface area (Å²) in [5.74, 6) is 0.815. The standard InChI is InChI=1S/C17H26N3O2/c1-3-19(12-13-21)17(22)18-15-4-6-16(7-5-15)20-10-8-14(2)9-11-20/h4-7,14,21H,3,8-13H2,1-2H3. The molecule has 1 radical (unpaired) electrons. The van der Waals surface area contributed by atoms with Crippen molar-refractivity contribution in [3.63, 3.8) is 0 Å². The molecule has 1 heterocycles. The predicted molar refractivity (Wildman–Crippen MR) is 88.6 cm³/mol. The van der Waals surface area contributed by atoms with E-state index in [1.54, 1.807) is 0 Å². The van der Waals surface area contributed by atoms with Crippen LogP contribution in [0.1, 0.15) is 26.7 Å². The van der Waals surface area contributed by atoms with Gasteiger partial charge in [0.05, 0.1) is 12.3 Å². The lowest BCUT2D eigenvalue weighted by Crippen LogP contribution is -2.36. The minimum atomic E-state index is -0.295. The van der Waals surface area contributed by atoms with Crippen molar-refractivity contribution >= 4 is 17.4 Å². The molecule has 0 aliphatic carbocycles. The second-order valence-electron chi connectivity index (χ2n) is 5.88. The second kappa shape index (κ2) is 8.03. The first-order valence-electron chi connectivity index (χ1n) is 8.10. The van der Waals surface area contributed by atoms with Crippen molar-refractivity contribution in [2.75, 3.05) is 37.7 Å². The Balaban J connectivity index is 1.92. The summed E-state index contributed by atoms with van der Waals surface area (Å²) in [6.07, 6.45) is 2.47. The third-order valence-corrected chi connectivity index (χ3v) is 4.25. The zero-order valence-electron chi connectivity index (χ0n) is 13.5. The Morgan fingerprint density at radius 2 is 1.95 bits per heavy atom. The van der Waals surface area contributed by atoms with Crippen LogP contribution in [0.15, 0.2) is 24.3 Å². The molecule has 22 heavy (non-hydrogen) atoms. The van der Waals surface area contributed by atoms with Crippen LogP contribution in [-0.2, 0) is 0 Å². The van der Waals surface area contributed by atoms with Crippen LogP contribution in [0.25, 0.3) is 0 Å². The summed E-state index contributed by atoms with van der Waals surface area (Å²) >= 11 is 0. The molecule has 1 fully saturated rings. The number of aliphatic hydroxyl groups excluding tert-OH is 1. The Hall–Kier alpha value is -1.75. The maximum atomic E-state index is 12.0. The van der Waals surface area contributed by atoms with Crippen molar-refractivity contribution in [1.82, 2.24) is 10.2 Å². The van der Waals surface area contributed by atoms with E-state index in [4.69, 9.17) is 5.11 Å². The number of hydrogen-bond donors (Lipinski definition) is 1. The smallest absolute Gasteiger partial charge is 0.344 e. The Morgan fingerprint density at radius 1 is 1.32 bits per heavy atom. The van der Waals surface area contributed by atoms with E-state index in [1.165, 1.54) is 23.4 Å². The van der Waals surface area contributed by atoms with Crippen LogP contribution in [0, 0.1) is 5.92 Å². The molecule has 1 aliphatic heterocycles. The van der Waals surface area contributed by atoms with Gasteiger partial charge in [0, 0.05) is 31.9 Å². The molecule has 5 heteroatoms. The first kappa shape index (κ1) is 16.6. The SMILES string of the molecule is CCN(CCO)C(=O)[N]c1ccc(N2CCC(C)CC2)cc1. The lowest BCUT2D eigenvalue weighted by molar-refractivity contribution is 0.183. The van der Waals surface area contributed by atoms with Crippen molar-refractivity contribution in [3.8, 4) is 0 Å². The van der Waals surface area contributed by atoms with E-state index >= 15 is 0 Å². The number of hydrogen-bond acceptors (Lipinski definition) is 3. The van der Waals surface area contributed by atoms with Crippen LogP contribution in [0.3, 0.4) is 0 Å². The predicted octanol–water partition coefficient (Wildman–Crippen LogP) is 2.59. The third kappa shape index (κ3) is 4.37. The van der Waals surface area contributed by atoms with E-state index in [0.717, 1.165) is 19.0 Å². The summed E-state index contributed by atoms with van der Waals surface area (Å²) < 4.78 is 0. The number of likely N-dealkylation sites (N-methyl/N-ethyl adjacent to an activating group) is 1. The van der Waals surface area contributed by atoms with Gasteiger partial charge in [-0.05, 0) is 49.9 Å². The van der Waals surface area contributed by atoms with Crippen LogP contribution in [0.5, 0.6) is 0 Å². The number of nitrogens with zero attached hydrogens (tertiary/aromatic N) is 3. The molecule has 2 rings (SSSR count). The number of urea groups is 1. The number of carbonyl (C=O) groups excluding carboxylic acids is 1. The highest BCUT2D eigenvalue weighted by Crippen LogP contribution is 2.24. The molecule has 121 valence electrons. The Bertz CT molecular complexity index is 467. The average molecular weight is 304 g/mol. The molecular formula is C17H26N3O2. The van der Waals surface area contributed by atoms with Gasteiger partial charge in [0.25, 0.3) is 0 Å². The second-order valence-corrected chi connectivity index (χ2v) is 5.88. The molecule has 1 aromatic rings. The Morgan fingerprint density at radius 3 is 2.50 bits per heavy atom. The highest BCUT2D eigenvalue weighted by Gasteiger charge is 2.17. The normalized spacial score (nSPS) is 15.7. The van der Waals surface area contributed by atoms with Gasteiger partial charge in [0.2, 0.25) is 0 Å². The number of rotatable bonds is 5. The molecule has 1 N–H and O–H groups in total. The largest absolute Gasteiger partial charge is 0.395 e. The van der Waals surface area contributed by atoms with Crippen LogP contribution in [0.4, 0.5) is 16.2 Å². The number of aliphatic hydroxyl groups is 1. The molecule has 1 aliphatic rings. The summed E-state index contributed by atoms with van der Waals surface area (Å²) in [7, 11) is 0. The first-order valence-corrected chi connectivity index (χ1v) is 8.10. The van der Waals surface area contributed by atoms with Gasteiger partial charge < -0.3 is 14.9 Å². The van der Waals surface area contributed by atoms with Gasteiger partial charge >= 0.3 is 6.03 Å². The molecule has 5 nitrogen and oxygen atoms in total. The molecule has 0 saturated carbocycles. The molecule has 0 aromatic heterocycles. The summed E-state index contributed by atoms with van der Waals surface area (Å²) in [6, 6.07) is 7.54. The topological polar surface area (TPSA) is 57.9 Å². The molecule has 0 bridgehead atoms. The first-order chi connectivity index (χ1) is 10.6. The fraction of sp³-hybridized carbons (Fsp3) is 0.588. The highest BCUT2D eigenvalue weighted by atomic mass is 16.3. The van der Waals surface area contributed by atoms with Crippen LogP contribution in [0.2, 0.25) is 0 Å². The van der Waals surface area contributed by atoms with Crippen molar-refractivity contribution < 1.29 is 9.90 Å². The number of carbonyl (C=O) groups is 1. The van der Waals surface area contributed by atoms with Crippen LogP contribution in [-0.4, -0.2) is 48.8 Å². The summed E-state index contributed by atoms with van der Waals surface area (Å²) in [6.45, 7) is 7.20. The zero-order chi connectivity index (χ0) is 15.9. The monoisotopic (exact) mass is 304 g/mol. The Labute approximate surface area is 132 Å². The number of amides is 2. The zero-order valence-corrected chi connectivity index (χ0v) is 13.5. The van der Waals surface area contributed by atoms with Gasteiger partial charge in [-0.3, -0.25) is 0 Å². The van der Waals surface area contributed by atoms with Gasteiger partial charge in [-0.1, -0.05) is 6.92 Å². The molecule has 0 spiro atoms. The molecule has 0 atom stereocenters. The fourth-order valence-corrected chi connectivity index (χ4v) is 2.70. The molecular weight excluding hydrogens is 278 g/mol. The van der Waals surface area contributed by atoms with Gasteiger partial charge in [0.1, 0.15) is 0 Å². The van der Waals surface area contributed by atoms with Gasteiger partial charge in [-0.2, -0.15) is 5.32 Å². The van der Waals surface area contributed by atoms with Crippen molar-refractivity contribution in [3.05, 3.63) is 24.3 Å². The number of benzene rings is 1. The summed E-state index contributed by atoms with van der Waals surface area (Å²) in [4.78, 5) is 15.9. The lowest BCUT2D eigenvalue weighted by Gasteiger charge is -2.32. The number of anilines is 1. The molecule has 1 saturated heterocycles. The van der Waals surface area contributed by atoms with Crippen molar-refractivity contribution in [2.24, 2.45) is 5.92 Å². The van der Waals surface area contributed by atoms with E-state index < -0.39 is 0 Å². The Kier molecular flexibility index (Phi) is 6.07. The van der Waals surface area contributed by atoms with E-state index in [9.17, 15) is 4.79 Å². The van der Waals surface area contributed by atoms with Crippen molar-refractivity contribution in [2.45, 2.75) is 26.7 Å². The van der Waals surface area contributed by atoms with Crippen LogP contribution >= 0.6 is 0 Å². The maximum Gasteiger partial charge on any atom is 0.344 e. The summed E-state index contributed by atoms with van der Waals surface area (Å²) in [5.41, 5.74) is 1.86. The van der Waals surface area contributed by atoms with E-state index in [-0.39, 0.29) is 12.6 Å². The third-order valence-electron chi connectivity index (χ3n) is 4.25.